The SMILES string of the molecule is O=C(CN1C[C@@H]2C[C@H](C1)c1cccc(=O)n1C2)Nc1ccc2c(c1)OCO2. The molecule has 1 amide bonds. The molecular weight excluding hydrogens is 346 g/mol. The van der Waals surface area contributed by atoms with E-state index in [9.17, 15) is 9.59 Å². The molecule has 2 aromatic rings. The molecule has 7 nitrogen and oxygen atoms in total. The van der Waals surface area contributed by atoms with Crippen molar-refractivity contribution in [1.82, 2.24) is 9.47 Å². The van der Waals surface area contributed by atoms with Crippen molar-refractivity contribution >= 4 is 11.6 Å². The molecule has 1 aromatic heterocycles. The highest BCUT2D eigenvalue weighted by atomic mass is 16.7. The van der Waals surface area contributed by atoms with Gasteiger partial charge in [-0.3, -0.25) is 14.5 Å². The first-order valence-corrected chi connectivity index (χ1v) is 9.27. The number of anilines is 1. The topological polar surface area (TPSA) is 72.8 Å². The van der Waals surface area contributed by atoms with Crippen LogP contribution in [0.1, 0.15) is 18.0 Å². The van der Waals surface area contributed by atoms with E-state index in [0.29, 0.717) is 35.6 Å². The molecule has 1 saturated heterocycles. The monoisotopic (exact) mass is 367 g/mol. The summed E-state index contributed by atoms with van der Waals surface area (Å²) in [7, 11) is 0. The first-order chi connectivity index (χ1) is 13.2. The van der Waals surface area contributed by atoms with Crippen molar-refractivity contribution in [1.29, 1.82) is 0 Å². The van der Waals surface area contributed by atoms with Gasteiger partial charge in [-0.25, -0.2) is 0 Å². The molecule has 4 heterocycles. The van der Waals surface area contributed by atoms with E-state index in [2.05, 4.69) is 10.2 Å². The van der Waals surface area contributed by atoms with Crippen molar-refractivity contribution < 1.29 is 14.3 Å². The highest BCUT2D eigenvalue weighted by Crippen LogP contribution is 2.35. The number of aromatic nitrogens is 1. The van der Waals surface area contributed by atoms with E-state index in [0.717, 1.165) is 31.7 Å². The summed E-state index contributed by atoms with van der Waals surface area (Å²) in [5, 5.41) is 2.94. The van der Waals surface area contributed by atoms with Gasteiger partial charge in [0.25, 0.3) is 5.56 Å². The van der Waals surface area contributed by atoms with E-state index in [-0.39, 0.29) is 18.3 Å². The molecule has 5 rings (SSSR count). The Kier molecular flexibility index (Phi) is 3.89. The fourth-order valence-electron chi connectivity index (χ4n) is 4.50. The zero-order valence-corrected chi connectivity index (χ0v) is 14.9. The molecule has 0 spiro atoms. The van der Waals surface area contributed by atoms with Crippen molar-refractivity contribution in [3.05, 3.63) is 52.4 Å². The predicted molar refractivity (Wildman–Crippen MR) is 99.2 cm³/mol. The fraction of sp³-hybridized carbons (Fsp3) is 0.400. The lowest BCUT2D eigenvalue weighted by molar-refractivity contribution is -0.117. The number of benzene rings is 1. The van der Waals surface area contributed by atoms with E-state index in [1.54, 1.807) is 18.2 Å². The Morgan fingerprint density at radius 3 is 2.93 bits per heavy atom. The minimum Gasteiger partial charge on any atom is -0.454 e. The number of hydrogen-bond donors (Lipinski definition) is 1. The van der Waals surface area contributed by atoms with Gasteiger partial charge in [0.1, 0.15) is 0 Å². The molecule has 0 radical (unpaired) electrons. The van der Waals surface area contributed by atoms with Crippen LogP contribution >= 0.6 is 0 Å². The third-order valence-electron chi connectivity index (χ3n) is 5.58. The number of fused-ring (bicyclic) bond motifs is 5. The average molecular weight is 367 g/mol. The molecule has 0 aliphatic carbocycles. The van der Waals surface area contributed by atoms with Crippen LogP contribution in [-0.2, 0) is 11.3 Å². The van der Waals surface area contributed by atoms with Crippen LogP contribution in [0.25, 0.3) is 0 Å². The fourth-order valence-corrected chi connectivity index (χ4v) is 4.50. The van der Waals surface area contributed by atoms with E-state index >= 15 is 0 Å². The quantitative estimate of drug-likeness (QED) is 0.893. The summed E-state index contributed by atoms with van der Waals surface area (Å²) in [5.41, 5.74) is 1.88. The van der Waals surface area contributed by atoms with Gasteiger partial charge in [0.05, 0.1) is 6.54 Å². The molecule has 27 heavy (non-hydrogen) atoms. The maximum absolute atomic E-state index is 12.5. The summed E-state index contributed by atoms with van der Waals surface area (Å²) in [6.45, 7) is 2.94. The molecule has 3 aliphatic heterocycles. The molecule has 7 heteroatoms. The smallest absolute Gasteiger partial charge is 0.250 e. The number of carbonyl (C=O) groups is 1. The molecule has 2 atom stereocenters. The van der Waals surface area contributed by atoms with Gasteiger partial charge >= 0.3 is 0 Å². The second-order valence-corrected chi connectivity index (χ2v) is 7.51. The van der Waals surface area contributed by atoms with Crippen LogP contribution < -0.4 is 20.3 Å². The summed E-state index contributed by atoms with van der Waals surface area (Å²) >= 11 is 0. The summed E-state index contributed by atoms with van der Waals surface area (Å²) in [6.07, 6.45) is 1.09. The van der Waals surface area contributed by atoms with Crippen molar-refractivity contribution in [2.75, 3.05) is 31.7 Å². The number of nitrogens with one attached hydrogen (secondary N) is 1. The van der Waals surface area contributed by atoms with Crippen molar-refractivity contribution in [2.45, 2.75) is 18.9 Å². The minimum atomic E-state index is -0.0423. The lowest BCUT2D eigenvalue weighted by atomic mass is 9.83. The lowest BCUT2D eigenvalue weighted by Crippen LogP contribution is -2.49. The molecular formula is C20H21N3O4. The summed E-state index contributed by atoms with van der Waals surface area (Å²) < 4.78 is 12.5. The molecule has 3 aliphatic rings. The number of rotatable bonds is 3. The summed E-state index contributed by atoms with van der Waals surface area (Å²) in [6, 6.07) is 10.9. The number of carbonyl (C=O) groups excluding carboxylic acids is 1. The molecule has 2 bridgehead atoms. The zero-order chi connectivity index (χ0) is 18.4. The van der Waals surface area contributed by atoms with Crippen LogP contribution in [0, 0.1) is 5.92 Å². The molecule has 140 valence electrons. The number of hydrogen-bond acceptors (Lipinski definition) is 5. The first-order valence-electron chi connectivity index (χ1n) is 9.27. The van der Waals surface area contributed by atoms with Gasteiger partial charge in [-0.1, -0.05) is 6.07 Å². The second-order valence-electron chi connectivity index (χ2n) is 7.51. The van der Waals surface area contributed by atoms with E-state index in [1.165, 1.54) is 0 Å². The van der Waals surface area contributed by atoms with Gasteiger partial charge in [0.2, 0.25) is 12.7 Å². The molecule has 1 aromatic carbocycles. The van der Waals surface area contributed by atoms with Crippen molar-refractivity contribution in [3.8, 4) is 11.5 Å². The maximum atomic E-state index is 12.5. The standard InChI is InChI=1S/C20H21N3O4/c24-19(21-15-4-5-17-18(7-15)27-12-26-17)11-22-8-13-6-14(10-22)16-2-1-3-20(25)23(16)9-13/h1-5,7,13-14H,6,8-12H2,(H,21,24)/t13-,14+/m0/s1. The maximum Gasteiger partial charge on any atom is 0.250 e. The van der Waals surface area contributed by atoms with Crippen molar-refractivity contribution in [2.24, 2.45) is 5.92 Å². The van der Waals surface area contributed by atoms with Crippen LogP contribution in [0.3, 0.4) is 0 Å². The molecule has 0 unspecified atom stereocenters. The van der Waals surface area contributed by atoms with Crippen molar-refractivity contribution in [3.63, 3.8) is 0 Å². The van der Waals surface area contributed by atoms with Gasteiger partial charge in [-0.2, -0.15) is 0 Å². The van der Waals surface area contributed by atoms with Crippen LogP contribution in [0.4, 0.5) is 5.69 Å². The highest BCUT2D eigenvalue weighted by Gasteiger charge is 2.34. The Labute approximate surface area is 156 Å². The van der Waals surface area contributed by atoms with Gasteiger partial charge in [-0.05, 0) is 30.5 Å². The Hall–Kier alpha value is -2.80. The lowest BCUT2D eigenvalue weighted by Gasteiger charge is -2.42. The third-order valence-corrected chi connectivity index (χ3v) is 5.58. The number of pyridine rings is 1. The highest BCUT2D eigenvalue weighted by molar-refractivity contribution is 5.92. The number of ether oxygens (including phenoxy) is 2. The summed E-state index contributed by atoms with van der Waals surface area (Å²) in [5.74, 6) is 2.03. The first kappa shape index (κ1) is 16.4. The predicted octanol–water partition coefficient (Wildman–Crippen LogP) is 1.63. The normalized spacial score (nSPS) is 23.0. The largest absolute Gasteiger partial charge is 0.454 e. The van der Waals surface area contributed by atoms with Crippen LogP contribution in [0.15, 0.2) is 41.2 Å². The van der Waals surface area contributed by atoms with Gasteiger partial charge < -0.3 is 19.4 Å². The van der Waals surface area contributed by atoms with Gasteiger partial charge in [0.15, 0.2) is 11.5 Å². The van der Waals surface area contributed by atoms with E-state index in [1.807, 2.05) is 22.8 Å². The second kappa shape index (κ2) is 6.42. The number of piperidine rings is 1. The Morgan fingerprint density at radius 2 is 2.00 bits per heavy atom. The van der Waals surface area contributed by atoms with Gasteiger partial charge in [-0.15, -0.1) is 0 Å². The summed E-state index contributed by atoms with van der Waals surface area (Å²) in [4.78, 5) is 26.8. The zero-order valence-electron chi connectivity index (χ0n) is 14.9. The Morgan fingerprint density at radius 1 is 1.11 bits per heavy atom. The van der Waals surface area contributed by atoms with Crippen LogP contribution in [-0.4, -0.2) is 41.8 Å². The average Bonchev–Trinajstić information content (AvgIpc) is 3.10. The Balaban J connectivity index is 1.26. The van der Waals surface area contributed by atoms with Crippen LogP contribution in [0.2, 0.25) is 0 Å². The molecule has 1 N–H and O–H groups in total. The number of amides is 1. The van der Waals surface area contributed by atoms with Gasteiger partial charge in [0, 0.05) is 49.1 Å². The minimum absolute atomic E-state index is 0.0423. The molecule has 0 saturated carbocycles. The van der Waals surface area contributed by atoms with Crippen LogP contribution in [0.5, 0.6) is 11.5 Å². The van der Waals surface area contributed by atoms with E-state index in [4.69, 9.17) is 9.47 Å². The molecule has 1 fully saturated rings. The Bertz CT molecular complexity index is 954. The number of nitrogens with zero attached hydrogens (tertiary/aromatic N) is 2. The van der Waals surface area contributed by atoms with E-state index < -0.39 is 0 Å². The third kappa shape index (κ3) is 3.08. The number of likely N-dealkylation sites (tertiary alicyclic amines) is 1.